The van der Waals surface area contributed by atoms with Crippen LogP contribution in [-0.2, 0) is 9.53 Å². The second kappa shape index (κ2) is 5.39. The van der Waals surface area contributed by atoms with Crippen molar-refractivity contribution in [1.82, 2.24) is 0 Å². The summed E-state index contributed by atoms with van der Waals surface area (Å²) in [6, 6.07) is 0. The van der Waals surface area contributed by atoms with Crippen molar-refractivity contribution in [2.75, 3.05) is 0 Å². The largest absolute Gasteiger partial charge is 0.459 e. The standard InChI is InChI=1S/C20H32O2/c1-13(2)18(21)22-16-8-6-14(7-9-16)17-12-15-10-11-20(17,5)19(15,3)4/h14-17H,1,6-12H2,2-5H3. The summed E-state index contributed by atoms with van der Waals surface area (Å²) in [5.74, 6) is 2.45. The summed E-state index contributed by atoms with van der Waals surface area (Å²) in [5.41, 5.74) is 1.56. The van der Waals surface area contributed by atoms with Crippen molar-refractivity contribution in [3.8, 4) is 0 Å². The fourth-order valence-electron chi connectivity index (χ4n) is 5.84. The molecule has 3 rings (SSSR count). The zero-order chi connectivity index (χ0) is 16.1. The monoisotopic (exact) mass is 304 g/mol. The van der Waals surface area contributed by atoms with Crippen LogP contribution in [0.2, 0.25) is 0 Å². The number of hydrogen-bond acceptors (Lipinski definition) is 2. The summed E-state index contributed by atoms with van der Waals surface area (Å²) < 4.78 is 5.55. The number of rotatable bonds is 3. The van der Waals surface area contributed by atoms with Gasteiger partial charge in [-0.3, -0.25) is 0 Å². The highest BCUT2D eigenvalue weighted by Crippen LogP contribution is 2.70. The van der Waals surface area contributed by atoms with E-state index < -0.39 is 0 Å². The summed E-state index contributed by atoms with van der Waals surface area (Å²) in [6.07, 6.45) is 8.97. The van der Waals surface area contributed by atoms with Crippen molar-refractivity contribution < 1.29 is 9.53 Å². The second-order valence-electron chi connectivity index (χ2n) is 8.94. The summed E-state index contributed by atoms with van der Waals surface area (Å²) >= 11 is 0. The molecule has 3 aliphatic carbocycles. The molecule has 2 heteroatoms. The van der Waals surface area contributed by atoms with Gasteiger partial charge in [0, 0.05) is 5.57 Å². The van der Waals surface area contributed by atoms with Gasteiger partial charge in [0.15, 0.2) is 0 Å². The van der Waals surface area contributed by atoms with E-state index in [0.717, 1.165) is 30.6 Å². The molecular formula is C20H32O2. The van der Waals surface area contributed by atoms with Crippen molar-refractivity contribution in [1.29, 1.82) is 0 Å². The molecule has 0 heterocycles. The average Bonchev–Trinajstić information content (AvgIpc) is 2.80. The van der Waals surface area contributed by atoms with Gasteiger partial charge in [-0.2, -0.15) is 0 Å². The lowest BCUT2D eigenvalue weighted by Crippen LogP contribution is -2.38. The molecule has 3 fully saturated rings. The van der Waals surface area contributed by atoms with E-state index in [-0.39, 0.29) is 12.1 Å². The minimum absolute atomic E-state index is 0.125. The van der Waals surface area contributed by atoms with Crippen molar-refractivity contribution >= 4 is 5.97 Å². The average molecular weight is 304 g/mol. The van der Waals surface area contributed by atoms with Crippen LogP contribution in [0.15, 0.2) is 12.2 Å². The van der Waals surface area contributed by atoms with E-state index in [1.54, 1.807) is 6.92 Å². The maximum atomic E-state index is 11.7. The van der Waals surface area contributed by atoms with Crippen LogP contribution in [-0.4, -0.2) is 12.1 Å². The second-order valence-corrected chi connectivity index (χ2v) is 8.94. The molecule has 124 valence electrons. The van der Waals surface area contributed by atoms with Gasteiger partial charge in [0.2, 0.25) is 0 Å². The zero-order valence-electron chi connectivity index (χ0n) is 14.8. The number of esters is 1. The van der Waals surface area contributed by atoms with E-state index in [2.05, 4.69) is 27.4 Å². The summed E-state index contributed by atoms with van der Waals surface area (Å²) in [4.78, 5) is 11.7. The molecule has 0 aromatic heterocycles. The molecule has 3 aliphatic rings. The Labute approximate surface area is 135 Å². The Morgan fingerprint density at radius 3 is 2.18 bits per heavy atom. The van der Waals surface area contributed by atoms with E-state index in [1.165, 1.54) is 32.1 Å². The molecular weight excluding hydrogens is 272 g/mol. The fraction of sp³-hybridized carbons (Fsp3) is 0.850. The topological polar surface area (TPSA) is 26.3 Å². The van der Waals surface area contributed by atoms with Crippen LogP contribution >= 0.6 is 0 Å². The summed E-state index contributed by atoms with van der Waals surface area (Å²) in [6.45, 7) is 13.0. The fourth-order valence-corrected chi connectivity index (χ4v) is 5.84. The van der Waals surface area contributed by atoms with Crippen LogP contribution < -0.4 is 0 Å². The lowest BCUT2D eigenvalue weighted by Gasteiger charge is -2.44. The molecule has 3 saturated carbocycles. The minimum Gasteiger partial charge on any atom is -0.459 e. The Morgan fingerprint density at radius 2 is 1.73 bits per heavy atom. The lowest BCUT2D eigenvalue weighted by molar-refractivity contribution is -0.146. The van der Waals surface area contributed by atoms with E-state index >= 15 is 0 Å². The SMILES string of the molecule is C=C(C)C(=O)OC1CCC(C2CC3CCC2(C)C3(C)C)CC1. The molecule has 0 radical (unpaired) electrons. The van der Waals surface area contributed by atoms with Gasteiger partial charge in [0.1, 0.15) is 6.10 Å². The number of ether oxygens (including phenoxy) is 1. The van der Waals surface area contributed by atoms with Crippen LogP contribution in [0.1, 0.15) is 72.6 Å². The van der Waals surface area contributed by atoms with E-state index in [1.807, 2.05) is 0 Å². The number of carbonyl (C=O) groups excluding carboxylic acids is 1. The first-order valence-corrected chi connectivity index (χ1v) is 9.12. The molecule has 0 spiro atoms. The molecule has 0 aromatic carbocycles. The molecule has 0 aliphatic heterocycles. The lowest BCUT2D eigenvalue weighted by atomic mass is 9.61. The number of carbonyl (C=O) groups is 1. The Morgan fingerprint density at radius 1 is 1.09 bits per heavy atom. The first-order valence-electron chi connectivity index (χ1n) is 9.12. The minimum atomic E-state index is -0.212. The van der Waals surface area contributed by atoms with Crippen molar-refractivity contribution in [3.05, 3.63) is 12.2 Å². The Hall–Kier alpha value is -0.790. The quantitative estimate of drug-likeness (QED) is 0.534. The Balaban J connectivity index is 1.59. The smallest absolute Gasteiger partial charge is 0.333 e. The maximum absolute atomic E-state index is 11.7. The van der Waals surface area contributed by atoms with E-state index in [0.29, 0.717) is 16.4 Å². The molecule has 0 saturated heterocycles. The highest BCUT2D eigenvalue weighted by molar-refractivity contribution is 5.87. The predicted octanol–water partition coefficient (Wildman–Crippen LogP) is 5.13. The third kappa shape index (κ3) is 2.34. The number of hydrogen-bond donors (Lipinski definition) is 0. The van der Waals surface area contributed by atoms with Crippen LogP contribution in [0.3, 0.4) is 0 Å². The molecule has 0 N–H and O–H groups in total. The van der Waals surface area contributed by atoms with Gasteiger partial charge >= 0.3 is 5.97 Å². The summed E-state index contributed by atoms with van der Waals surface area (Å²) in [5, 5.41) is 0. The maximum Gasteiger partial charge on any atom is 0.333 e. The molecule has 2 nitrogen and oxygen atoms in total. The Bertz CT molecular complexity index is 470. The van der Waals surface area contributed by atoms with Crippen molar-refractivity contribution in [3.63, 3.8) is 0 Å². The van der Waals surface area contributed by atoms with Gasteiger partial charge in [0.25, 0.3) is 0 Å². The molecule has 0 amide bonds. The van der Waals surface area contributed by atoms with Crippen LogP contribution in [0, 0.1) is 28.6 Å². The zero-order valence-corrected chi connectivity index (χ0v) is 14.8. The Kier molecular flexibility index (Phi) is 3.94. The molecule has 3 unspecified atom stereocenters. The summed E-state index contributed by atoms with van der Waals surface area (Å²) in [7, 11) is 0. The van der Waals surface area contributed by atoms with Gasteiger partial charge in [-0.1, -0.05) is 27.4 Å². The number of fused-ring (bicyclic) bond motifs is 2. The van der Waals surface area contributed by atoms with Gasteiger partial charge < -0.3 is 4.74 Å². The van der Waals surface area contributed by atoms with Crippen LogP contribution in [0.5, 0.6) is 0 Å². The van der Waals surface area contributed by atoms with Gasteiger partial charge in [-0.15, -0.1) is 0 Å². The van der Waals surface area contributed by atoms with Crippen LogP contribution in [0.25, 0.3) is 0 Å². The molecule has 22 heavy (non-hydrogen) atoms. The van der Waals surface area contributed by atoms with Gasteiger partial charge in [0.05, 0.1) is 0 Å². The molecule has 3 atom stereocenters. The predicted molar refractivity (Wildman–Crippen MR) is 89.4 cm³/mol. The molecule has 2 bridgehead atoms. The van der Waals surface area contributed by atoms with Gasteiger partial charge in [-0.05, 0) is 80.5 Å². The van der Waals surface area contributed by atoms with Crippen molar-refractivity contribution in [2.24, 2.45) is 28.6 Å². The highest BCUT2D eigenvalue weighted by Gasteiger charge is 2.62. The third-order valence-corrected chi connectivity index (χ3v) is 7.77. The first kappa shape index (κ1) is 16.1. The molecule has 0 aromatic rings. The third-order valence-electron chi connectivity index (χ3n) is 7.77. The normalized spacial score (nSPS) is 43.1. The highest BCUT2D eigenvalue weighted by atomic mass is 16.5. The van der Waals surface area contributed by atoms with Crippen LogP contribution in [0.4, 0.5) is 0 Å². The van der Waals surface area contributed by atoms with Gasteiger partial charge in [-0.25, -0.2) is 4.79 Å². The van der Waals surface area contributed by atoms with Crippen molar-refractivity contribution in [2.45, 2.75) is 78.7 Å². The van der Waals surface area contributed by atoms with E-state index in [4.69, 9.17) is 4.74 Å². The van der Waals surface area contributed by atoms with E-state index in [9.17, 15) is 4.79 Å². The first-order chi connectivity index (χ1) is 10.3.